The lowest BCUT2D eigenvalue weighted by Crippen LogP contribution is -2.17. The van der Waals surface area contributed by atoms with Gasteiger partial charge >= 0.3 is 6.01 Å². The first-order valence-electron chi connectivity index (χ1n) is 7.50. The molecule has 0 amide bonds. The van der Waals surface area contributed by atoms with E-state index < -0.39 is 0 Å². The van der Waals surface area contributed by atoms with Crippen molar-refractivity contribution in [3.05, 3.63) is 30.2 Å². The summed E-state index contributed by atoms with van der Waals surface area (Å²) < 4.78 is 5.51. The van der Waals surface area contributed by atoms with Crippen LogP contribution in [0, 0.1) is 0 Å². The zero-order chi connectivity index (χ0) is 14.5. The molecule has 0 atom stereocenters. The summed E-state index contributed by atoms with van der Waals surface area (Å²) >= 11 is 0. The SMILES string of the molecule is CCNCc1nnc(Nc2ccc(N3CCCC3)cc2)o1. The summed E-state index contributed by atoms with van der Waals surface area (Å²) in [6.45, 7) is 5.83. The largest absolute Gasteiger partial charge is 0.406 e. The molecule has 1 aromatic heterocycles. The van der Waals surface area contributed by atoms with Gasteiger partial charge in [-0.1, -0.05) is 12.0 Å². The molecule has 0 aliphatic carbocycles. The van der Waals surface area contributed by atoms with Gasteiger partial charge < -0.3 is 20.0 Å². The summed E-state index contributed by atoms with van der Waals surface area (Å²) in [5.74, 6) is 0.591. The smallest absolute Gasteiger partial charge is 0.320 e. The fraction of sp³-hybridized carbons (Fsp3) is 0.467. The molecule has 2 aromatic rings. The molecule has 21 heavy (non-hydrogen) atoms. The van der Waals surface area contributed by atoms with E-state index in [4.69, 9.17) is 4.42 Å². The van der Waals surface area contributed by atoms with Crippen molar-refractivity contribution < 1.29 is 4.42 Å². The third-order valence-corrected chi connectivity index (χ3v) is 3.58. The van der Waals surface area contributed by atoms with Crippen LogP contribution in [0.5, 0.6) is 0 Å². The van der Waals surface area contributed by atoms with Crippen LogP contribution >= 0.6 is 0 Å². The Kier molecular flexibility index (Phi) is 4.35. The molecule has 2 heterocycles. The van der Waals surface area contributed by atoms with Crippen molar-refractivity contribution in [2.45, 2.75) is 26.3 Å². The molecule has 6 heteroatoms. The van der Waals surface area contributed by atoms with Crippen LogP contribution < -0.4 is 15.5 Å². The van der Waals surface area contributed by atoms with E-state index in [1.807, 2.05) is 19.1 Å². The Hall–Kier alpha value is -2.08. The molecular weight excluding hydrogens is 266 g/mol. The summed E-state index contributed by atoms with van der Waals surface area (Å²) in [4.78, 5) is 2.41. The number of rotatable bonds is 6. The Morgan fingerprint density at radius 3 is 2.62 bits per heavy atom. The van der Waals surface area contributed by atoms with Gasteiger partial charge in [0.25, 0.3) is 0 Å². The average Bonchev–Trinajstić information content (AvgIpc) is 3.17. The fourth-order valence-electron chi connectivity index (χ4n) is 2.46. The van der Waals surface area contributed by atoms with Crippen LogP contribution in [0.15, 0.2) is 28.7 Å². The standard InChI is InChI=1S/C15H21N5O/c1-2-16-11-14-18-19-15(21-14)17-12-5-7-13(8-6-12)20-9-3-4-10-20/h5-8,16H,2-4,9-11H2,1H3,(H,17,19). The molecule has 0 radical (unpaired) electrons. The number of anilines is 3. The van der Waals surface area contributed by atoms with Gasteiger partial charge in [-0.3, -0.25) is 0 Å². The number of hydrogen-bond acceptors (Lipinski definition) is 6. The van der Waals surface area contributed by atoms with Gasteiger partial charge in [-0.2, -0.15) is 0 Å². The first-order chi connectivity index (χ1) is 10.3. The Labute approximate surface area is 124 Å². The van der Waals surface area contributed by atoms with Gasteiger partial charge in [0.15, 0.2) is 0 Å². The van der Waals surface area contributed by atoms with E-state index in [0.29, 0.717) is 18.5 Å². The van der Waals surface area contributed by atoms with E-state index in [0.717, 1.165) is 25.3 Å². The lowest BCUT2D eigenvalue weighted by molar-refractivity contribution is 0.484. The summed E-state index contributed by atoms with van der Waals surface area (Å²) in [5.41, 5.74) is 2.23. The summed E-state index contributed by atoms with van der Waals surface area (Å²) in [5, 5.41) is 14.2. The zero-order valence-corrected chi connectivity index (χ0v) is 12.3. The van der Waals surface area contributed by atoms with E-state index in [9.17, 15) is 0 Å². The van der Waals surface area contributed by atoms with Gasteiger partial charge in [0, 0.05) is 24.5 Å². The second-order valence-corrected chi connectivity index (χ2v) is 5.15. The van der Waals surface area contributed by atoms with Crippen LogP contribution in [-0.2, 0) is 6.54 Å². The van der Waals surface area contributed by atoms with Gasteiger partial charge in [0.05, 0.1) is 6.54 Å². The predicted octanol–water partition coefficient (Wildman–Crippen LogP) is 2.52. The molecule has 1 aliphatic heterocycles. The Balaban J connectivity index is 1.60. The molecule has 0 spiro atoms. The minimum atomic E-state index is 0.428. The van der Waals surface area contributed by atoms with E-state index in [1.54, 1.807) is 0 Å². The van der Waals surface area contributed by atoms with Gasteiger partial charge in [-0.25, -0.2) is 0 Å². The molecule has 1 aliphatic rings. The fourth-order valence-corrected chi connectivity index (χ4v) is 2.46. The van der Waals surface area contributed by atoms with Gasteiger partial charge in [-0.05, 0) is 43.7 Å². The maximum atomic E-state index is 5.51. The maximum Gasteiger partial charge on any atom is 0.320 e. The number of nitrogens with zero attached hydrogens (tertiary/aromatic N) is 3. The number of benzene rings is 1. The van der Waals surface area contributed by atoms with Crippen LogP contribution in [0.25, 0.3) is 0 Å². The average molecular weight is 287 g/mol. The van der Waals surface area contributed by atoms with E-state index in [-0.39, 0.29) is 0 Å². The second-order valence-electron chi connectivity index (χ2n) is 5.15. The molecule has 6 nitrogen and oxygen atoms in total. The van der Waals surface area contributed by atoms with Crippen molar-refractivity contribution in [3.63, 3.8) is 0 Å². The zero-order valence-electron chi connectivity index (χ0n) is 12.3. The molecule has 1 saturated heterocycles. The highest BCUT2D eigenvalue weighted by molar-refractivity contribution is 5.58. The monoisotopic (exact) mass is 287 g/mol. The van der Waals surface area contributed by atoms with Crippen molar-refractivity contribution in [1.82, 2.24) is 15.5 Å². The first-order valence-corrected chi connectivity index (χ1v) is 7.50. The highest BCUT2D eigenvalue weighted by atomic mass is 16.4. The molecule has 2 N–H and O–H groups in total. The quantitative estimate of drug-likeness (QED) is 0.851. The third kappa shape index (κ3) is 3.52. The normalized spacial score (nSPS) is 14.6. The van der Waals surface area contributed by atoms with Crippen LogP contribution in [-0.4, -0.2) is 29.8 Å². The van der Waals surface area contributed by atoms with Gasteiger partial charge in [-0.15, -0.1) is 5.10 Å². The van der Waals surface area contributed by atoms with Gasteiger partial charge in [0.2, 0.25) is 5.89 Å². The van der Waals surface area contributed by atoms with Crippen molar-refractivity contribution in [2.24, 2.45) is 0 Å². The molecule has 0 unspecified atom stereocenters. The van der Waals surface area contributed by atoms with Crippen molar-refractivity contribution in [3.8, 4) is 0 Å². The van der Waals surface area contributed by atoms with E-state index in [2.05, 4.69) is 37.9 Å². The Morgan fingerprint density at radius 2 is 1.90 bits per heavy atom. The van der Waals surface area contributed by atoms with Crippen molar-refractivity contribution in [2.75, 3.05) is 29.9 Å². The molecule has 1 fully saturated rings. The van der Waals surface area contributed by atoms with Crippen LogP contribution in [0.1, 0.15) is 25.7 Å². The number of nitrogens with one attached hydrogen (secondary N) is 2. The predicted molar refractivity (Wildman–Crippen MR) is 82.9 cm³/mol. The number of hydrogen-bond donors (Lipinski definition) is 2. The molecular formula is C15H21N5O. The Morgan fingerprint density at radius 1 is 1.14 bits per heavy atom. The molecule has 0 bridgehead atoms. The molecule has 1 aromatic carbocycles. The van der Waals surface area contributed by atoms with Crippen molar-refractivity contribution in [1.29, 1.82) is 0 Å². The molecule has 0 saturated carbocycles. The second kappa shape index (κ2) is 6.58. The first kappa shape index (κ1) is 13.9. The summed E-state index contributed by atoms with van der Waals surface area (Å²) in [7, 11) is 0. The van der Waals surface area contributed by atoms with E-state index in [1.165, 1.54) is 18.5 Å². The summed E-state index contributed by atoms with van der Waals surface area (Å²) in [6, 6.07) is 8.77. The van der Waals surface area contributed by atoms with Crippen LogP contribution in [0.4, 0.5) is 17.4 Å². The van der Waals surface area contributed by atoms with Gasteiger partial charge in [0.1, 0.15) is 0 Å². The molecule has 3 rings (SSSR count). The van der Waals surface area contributed by atoms with Crippen LogP contribution in [0.3, 0.4) is 0 Å². The van der Waals surface area contributed by atoms with Crippen molar-refractivity contribution >= 4 is 17.4 Å². The van der Waals surface area contributed by atoms with Crippen LogP contribution in [0.2, 0.25) is 0 Å². The lowest BCUT2D eigenvalue weighted by Gasteiger charge is -2.17. The highest BCUT2D eigenvalue weighted by Crippen LogP contribution is 2.23. The lowest BCUT2D eigenvalue weighted by atomic mass is 10.2. The van der Waals surface area contributed by atoms with E-state index >= 15 is 0 Å². The Bertz CT molecular complexity index is 560. The number of aromatic nitrogens is 2. The molecule has 112 valence electrons. The summed E-state index contributed by atoms with van der Waals surface area (Å²) in [6.07, 6.45) is 2.58. The third-order valence-electron chi connectivity index (χ3n) is 3.58. The maximum absolute atomic E-state index is 5.51. The minimum absolute atomic E-state index is 0.428. The minimum Gasteiger partial charge on any atom is -0.406 e. The topological polar surface area (TPSA) is 66.2 Å². The highest BCUT2D eigenvalue weighted by Gasteiger charge is 2.12.